The summed E-state index contributed by atoms with van der Waals surface area (Å²) in [6.07, 6.45) is -0.648. The van der Waals surface area contributed by atoms with Gasteiger partial charge >= 0.3 is 12.1 Å². The minimum absolute atomic E-state index is 0.105. The van der Waals surface area contributed by atoms with Crippen molar-refractivity contribution in [3.63, 3.8) is 0 Å². The van der Waals surface area contributed by atoms with Gasteiger partial charge in [-0.25, -0.2) is 9.59 Å². The van der Waals surface area contributed by atoms with Crippen LogP contribution in [0.5, 0.6) is 0 Å². The van der Waals surface area contributed by atoms with Gasteiger partial charge in [0.2, 0.25) is 0 Å². The normalized spacial score (nSPS) is 14.2. The van der Waals surface area contributed by atoms with Gasteiger partial charge in [0, 0.05) is 12.0 Å². The first-order valence-corrected chi connectivity index (χ1v) is 12.2. The van der Waals surface area contributed by atoms with E-state index in [1.54, 1.807) is 13.0 Å². The van der Waals surface area contributed by atoms with Crippen LogP contribution in [0, 0.1) is 0 Å². The van der Waals surface area contributed by atoms with E-state index in [1.165, 1.54) is 4.90 Å². The van der Waals surface area contributed by atoms with Crippen molar-refractivity contribution in [3.05, 3.63) is 108 Å². The van der Waals surface area contributed by atoms with E-state index in [-0.39, 0.29) is 12.5 Å². The molecule has 0 radical (unpaired) electrons. The Hall–Kier alpha value is -4.12. The maximum Gasteiger partial charge on any atom is 0.411 e. The highest BCUT2D eigenvalue weighted by molar-refractivity contribution is 5.89. The van der Waals surface area contributed by atoms with E-state index in [9.17, 15) is 14.7 Å². The molecule has 0 heterocycles. The second kappa shape index (κ2) is 9.15. The molecule has 0 saturated heterocycles. The van der Waals surface area contributed by atoms with E-state index in [0.29, 0.717) is 5.56 Å². The molecule has 0 aromatic heterocycles. The smallest absolute Gasteiger partial charge is 0.411 e. The van der Waals surface area contributed by atoms with Crippen molar-refractivity contribution < 1.29 is 19.4 Å². The summed E-state index contributed by atoms with van der Waals surface area (Å²) in [5.74, 6) is -1.22. The highest BCUT2D eigenvalue weighted by atomic mass is 16.6. The van der Waals surface area contributed by atoms with Crippen LogP contribution in [0.4, 0.5) is 4.79 Å². The van der Waals surface area contributed by atoms with Crippen LogP contribution in [0.2, 0.25) is 0 Å². The van der Waals surface area contributed by atoms with Crippen molar-refractivity contribution in [2.45, 2.75) is 38.3 Å². The van der Waals surface area contributed by atoms with Gasteiger partial charge in [-0.1, -0.05) is 84.9 Å². The SMILES string of the molecule is CC(C)N(C(=O)OCC1c2ccccc2-c2ccccc21)C(C)(C(=O)O)c1ccc2ccccc2c1. The summed E-state index contributed by atoms with van der Waals surface area (Å²) in [5, 5.41) is 12.3. The first-order chi connectivity index (χ1) is 17.3. The summed E-state index contributed by atoms with van der Waals surface area (Å²) in [4.78, 5) is 27.7. The van der Waals surface area contributed by atoms with Gasteiger partial charge in [-0.15, -0.1) is 0 Å². The fraction of sp³-hybridized carbons (Fsp3) is 0.226. The molecule has 0 spiro atoms. The summed E-state index contributed by atoms with van der Waals surface area (Å²) in [7, 11) is 0. The van der Waals surface area contributed by atoms with Gasteiger partial charge in [-0.3, -0.25) is 4.90 Å². The van der Waals surface area contributed by atoms with E-state index in [2.05, 4.69) is 24.3 Å². The summed E-state index contributed by atoms with van der Waals surface area (Å²) < 4.78 is 5.89. The van der Waals surface area contributed by atoms with Crippen molar-refractivity contribution in [1.29, 1.82) is 0 Å². The molecular formula is C31H29NO4. The Labute approximate surface area is 210 Å². The number of carboxylic acids is 1. The van der Waals surface area contributed by atoms with E-state index in [1.807, 2.05) is 74.5 Å². The van der Waals surface area contributed by atoms with Crippen molar-refractivity contribution in [3.8, 4) is 11.1 Å². The molecule has 1 unspecified atom stereocenters. The van der Waals surface area contributed by atoms with E-state index < -0.39 is 23.6 Å². The zero-order valence-electron chi connectivity index (χ0n) is 20.6. The number of ether oxygens (including phenoxy) is 1. The molecule has 5 nitrogen and oxygen atoms in total. The third kappa shape index (κ3) is 3.81. The molecule has 0 bridgehead atoms. The zero-order chi connectivity index (χ0) is 25.4. The van der Waals surface area contributed by atoms with Gasteiger partial charge in [0.05, 0.1) is 0 Å². The molecule has 1 aliphatic rings. The second-order valence-electron chi connectivity index (χ2n) is 9.71. The van der Waals surface area contributed by atoms with Crippen LogP contribution in [0.25, 0.3) is 21.9 Å². The number of nitrogens with zero attached hydrogens (tertiary/aromatic N) is 1. The molecule has 1 amide bonds. The second-order valence-corrected chi connectivity index (χ2v) is 9.71. The Morgan fingerprint density at radius 3 is 2.00 bits per heavy atom. The maximum atomic E-state index is 13.6. The van der Waals surface area contributed by atoms with Gasteiger partial charge in [-0.2, -0.15) is 0 Å². The largest absolute Gasteiger partial charge is 0.479 e. The lowest BCUT2D eigenvalue weighted by Gasteiger charge is -2.40. The molecule has 182 valence electrons. The molecule has 0 saturated carbocycles. The zero-order valence-corrected chi connectivity index (χ0v) is 20.6. The number of fused-ring (bicyclic) bond motifs is 4. The molecule has 5 heteroatoms. The van der Waals surface area contributed by atoms with Crippen LogP contribution < -0.4 is 0 Å². The third-order valence-corrected chi connectivity index (χ3v) is 7.26. The lowest BCUT2D eigenvalue weighted by Crippen LogP contribution is -2.56. The molecule has 5 rings (SSSR count). The molecule has 1 atom stereocenters. The van der Waals surface area contributed by atoms with Gasteiger partial charge < -0.3 is 9.84 Å². The molecule has 36 heavy (non-hydrogen) atoms. The first-order valence-electron chi connectivity index (χ1n) is 12.2. The summed E-state index contributed by atoms with van der Waals surface area (Å²) >= 11 is 0. The highest BCUT2D eigenvalue weighted by Crippen LogP contribution is 2.44. The van der Waals surface area contributed by atoms with Crippen LogP contribution >= 0.6 is 0 Å². The number of carboxylic acid groups (broad SMARTS) is 1. The molecule has 4 aromatic rings. The molecule has 1 aliphatic carbocycles. The topological polar surface area (TPSA) is 66.8 Å². The van der Waals surface area contributed by atoms with Crippen LogP contribution in [-0.2, 0) is 15.1 Å². The van der Waals surface area contributed by atoms with Crippen LogP contribution in [0.3, 0.4) is 0 Å². The minimum atomic E-state index is -1.61. The molecular weight excluding hydrogens is 450 g/mol. The van der Waals surface area contributed by atoms with E-state index in [0.717, 1.165) is 33.0 Å². The minimum Gasteiger partial charge on any atom is -0.479 e. The quantitative estimate of drug-likeness (QED) is 0.330. The predicted octanol–water partition coefficient (Wildman–Crippen LogP) is 6.80. The van der Waals surface area contributed by atoms with Gasteiger partial charge in [-0.05, 0) is 65.4 Å². The highest BCUT2D eigenvalue weighted by Gasteiger charge is 2.46. The number of rotatable bonds is 6. The van der Waals surface area contributed by atoms with Crippen molar-refractivity contribution in [2.75, 3.05) is 6.61 Å². The molecule has 0 aliphatic heterocycles. The predicted molar refractivity (Wildman–Crippen MR) is 141 cm³/mol. The molecule has 4 aromatic carbocycles. The van der Waals surface area contributed by atoms with Gasteiger partial charge in [0.1, 0.15) is 6.61 Å². The Bertz CT molecular complexity index is 1410. The third-order valence-electron chi connectivity index (χ3n) is 7.26. The lowest BCUT2D eigenvalue weighted by molar-refractivity contribution is -0.151. The number of carbonyl (C=O) groups excluding carboxylic acids is 1. The number of benzene rings is 4. The van der Waals surface area contributed by atoms with Crippen molar-refractivity contribution >= 4 is 22.8 Å². The molecule has 0 fully saturated rings. The maximum absolute atomic E-state index is 13.6. The van der Waals surface area contributed by atoms with Gasteiger partial charge in [0.15, 0.2) is 5.54 Å². The van der Waals surface area contributed by atoms with E-state index in [4.69, 9.17) is 4.74 Å². The monoisotopic (exact) mass is 479 g/mol. The average Bonchev–Trinajstić information content (AvgIpc) is 3.20. The fourth-order valence-corrected chi connectivity index (χ4v) is 5.43. The number of aliphatic carboxylic acids is 1. The van der Waals surface area contributed by atoms with E-state index >= 15 is 0 Å². The van der Waals surface area contributed by atoms with Crippen molar-refractivity contribution in [1.82, 2.24) is 4.90 Å². The fourth-order valence-electron chi connectivity index (χ4n) is 5.43. The van der Waals surface area contributed by atoms with Gasteiger partial charge in [0.25, 0.3) is 0 Å². The Morgan fingerprint density at radius 1 is 0.861 bits per heavy atom. The lowest BCUT2D eigenvalue weighted by atomic mass is 9.87. The standard InChI is InChI=1S/C31H29NO4/c1-20(2)32(31(3,29(33)34)23-17-16-21-10-4-5-11-22(21)18-23)30(35)36-19-28-26-14-8-6-12-24(26)25-13-7-9-15-27(25)28/h4-18,20,28H,19H2,1-3H3,(H,33,34). The van der Waals surface area contributed by atoms with Crippen molar-refractivity contribution in [2.24, 2.45) is 0 Å². The Morgan fingerprint density at radius 2 is 1.42 bits per heavy atom. The number of carbonyl (C=O) groups is 2. The van der Waals surface area contributed by atoms with Crippen LogP contribution in [-0.4, -0.2) is 34.7 Å². The summed E-state index contributed by atoms with van der Waals surface area (Å²) in [5.41, 5.74) is 3.41. The Kier molecular flexibility index (Phi) is 6.00. The number of amides is 1. The summed E-state index contributed by atoms with van der Waals surface area (Å²) in [6, 6.07) is 29.1. The first kappa shape index (κ1) is 23.6. The Balaban J connectivity index is 1.47. The van der Waals surface area contributed by atoms with Crippen LogP contribution in [0.15, 0.2) is 91.0 Å². The molecule has 1 N–H and O–H groups in total. The van der Waals surface area contributed by atoms with Crippen LogP contribution in [0.1, 0.15) is 43.4 Å². The number of hydrogen-bond acceptors (Lipinski definition) is 3. The summed E-state index contributed by atoms with van der Waals surface area (Å²) in [6.45, 7) is 5.32. The number of hydrogen-bond donors (Lipinski definition) is 1. The average molecular weight is 480 g/mol.